The third-order valence-electron chi connectivity index (χ3n) is 4.67. The van der Waals surface area contributed by atoms with Crippen LogP contribution in [0.4, 0.5) is 5.69 Å². The molecule has 5 heteroatoms. The summed E-state index contributed by atoms with van der Waals surface area (Å²) in [7, 11) is 1.68. The van der Waals surface area contributed by atoms with Gasteiger partial charge in [0, 0.05) is 25.7 Å². The molecular formula is C19H18N2O3. The molecule has 1 amide bonds. The van der Waals surface area contributed by atoms with Gasteiger partial charge in [-0.3, -0.25) is 9.36 Å². The lowest BCUT2D eigenvalue weighted by Crippen LogP contribution is -2.29. The summed E-state index contributed by atoms with van der Waals surface area (Å²) in [6.45, 7) is 0.757. The highest BCUT2D eigenvalue weighted by Crippen LogP contribution is 2.28. The Balaban J connectivity index is 1.50. The Bertz CT molecular complexity index is 984. The highest BCUT2D eigenvalue weighted by Gasteiger charge is 2.23. The van der Waals surface area contributed by atoms with Gasteiger partial charge >= 0.3 is 5.76 Å². The molecule has 0 N–H and O–H groups in total. The Labute approximate surface area is 139 Å². The first-order valence-electron chi connectivity index (χ1n) is 8.10. The number of rotatable bonds is 3. The van der Waals surface area contributed by atoms with Gasteiger partial charge in [0.1, 0.15) is 0 Å². The van der Waals surface area contributed by atoms with E-state index in [2.05, 4.69) is 6.07 Å². The molecule has 1 aromatic heterocycles. The van der Waals surface area contributed by atoms with E-state index in [4.69, 9.17) is 4.42 Å². The molecule has 0 atom stereocenters. The Morgan fingerprint density at radius 1 is 1.21 bits per heavy atom. The average Bonchev–Trinajstić information content (AvgIpc) is 3.15. The Kier molecular flexibility index (Phi) is 3.49. The standard InChI is InChI=1S/C19H18N2O3/c1-20-16-12-13(6-8-17(16)24-19(20)23)7-9-18(22)21-11-10-14-4-2-3-5-15(14)21/h2-6,8,12H,7,9-11H2,1H3. The van der Waals surface area contributed by atoms with Crippen LogP contribution in [0.3, 0.4) is 0 Å². The maximum Gasteiger partial charge on any atom is 0.419 e. The molecule has 0 saturated carbocycles. The number of carbonyl (C=O) groups is 1. The Hall–Kier alpha value is -2.82. The quantitative estimate of drug-likeness (QED) is 0.745. The molecular weight excluding hydrogens is 304 g/mol. The van der Waals surface area contributed by atoms with E-state index < -0.39 is 0 Å². The van der Waals surface area contributed by atoms with Gasteiger partial charge in [-0.25, -0.2) is 4.79 Å². The number of fused-ring (bicyclic) bond motifs is 2. The van der Waals surface area contributed by atoms with Gasteiger partial charge in [0.25, 0.3) is 0 Å². The van der Waals surface area contributed by atoms with Crippen molar-refractivity contribution in [3.05, 3.63) is 64.1 Å². The van der Waals surface area contributed by atoms with Gasteiger partial charge in [-0.1, -0.05) is 24.3 Å². The van der Waals surface area contributed by atoms with E-state index >= 15 is 0 Å². The topological polar surface area (TPSA) is 55.5 Å². The van der Waals surface area contributed by atoms with Gasteiger partial charge < -0.3 is 9.32 Å². The molecule has 3 aromatic rings. The summed E-state index contributed by atoms with van der Waals surface area (Å²) < 4.78 is 6.62. The molecule has 5 nitrogen and oxygen atoms in total. The van der Waals surface area contributed by atoms with Crippen LogP contribution in [0.15, 0.2) is 51.7 Å². The maximum absolute atomic E-state index is 12.6. The molecule has 0 aliphatic carbocycles. The summed E-state index contributed by atoms with van der Waals surface area (Å²) in [5.41, 5.74) is 4.64. The van der Waals surface area contributed by atoms with Crippen molar-refractivity contribution in [1.29, 1.82) is 0 Å². The van der Waals surface area contributed by atoms with Crippen LogP contribution in [0.1, 0.15) is 17.5 Å². The van der Waals surface area contributed by atoms with Crippen molar-refractivity contribution in [2.24, 2.45) is 7.05 Å². The number of hydrogen-bond donors (Lipinski definition) is 0. The Morgan fingerprint density at radius 3 is 2.92 bits per heavy atom. The third-order valence-corrected chi connectivity index (χ3v) is 4.67. The molecule has 24 heavy (non-hydrogen) atoms. The normalized spacial score (nSPS) is 13.5. The molecule has 0 unspecified atom stereocenters. The van der Waals surface area contributed by atoms with Gasteiger partial charge in [0.2, 0.25) is 5.91 Å². The predicted octanol–water partition coefficient (Wildman–Crippen LogP) is 2.65. The van der Waals surface area contributed by atoms with Crippen LogP contribution >= 0.6 is 0 Å². The van der Waals surface area contributed by atoms with Crippen LogP contribution in [0.25, 0.3) is 11.1 Å². The first-order chi connectivity index (χ1) is 11.6. The van der Waals surface area contributed by atoms with Crippen LogP contribution in [0, 0.1) is 0 Å². The Morgan fingerprint density at radius 2 is 2.04 bits per heavy atom. The van der Waals surface area contributed by atoms with Gasteiger partial charge in [0.15, 0.2) is 5.58 Å². The SMILES string of the molecule is Cn1c(=O)oc2ccc(CCC(=O)N3CCc4ccccc43)cc21. The van der Waals surface area contributed by atoms with E-state index in [1.54, 1.807) is 13.1 Å². The molecule has 0 bridgehead atoms. The number of benzene rings is 2. The van der Waals surface area contributed by atoms with Crippen molar-refractivity contribution in [2.45, 2.75) is 19.3 Å². The summed E-state index contributed by atoms with van der Waals surface area (Å²) in [5.74, 6) is -0.229. The van der Waals surface area contributed by atoms with Crippen LogP contribution in [-0.4, -0.2) is 17.0 Å². The van der Waals surface area contributed by atoms with Crippen LogP contribution in [0.5, 0.6) is 0 Å². The first-order valence-corrected chi connectivity index (χ1v) is 8.10. The number of aryl methyl sites for hydroxylation is 2. The molecule has 0 spiro atoms. The minimum atomic E-state index is -0.369. The molecule has 4 rings (SSSR count). The molecule has 1 aliphatic rings. The maximum atomic E-state index is 12.6. The zero-order chi connectivity index (χ0) is 16.7. The summed E-state index contributed by atoms with van der Waals surface area (Å²) >= 11 is 0. The monoisotopic (exact) mass is 322 g/mol. The van der Waals surface area contributed by atoms with Crippen molar-refractivity contribution in [1.82, 2.24) is 4.57 Å². The number of hydrogen-bond acceptors (Lipinski definition) is 3. The molecule has 2 heterocycles. The minimum Gasteiger partial charge on any atom is -0.408 e. The van der Waals surface area contributed by atoms with E-state index in [0.717, 1.165) is 29.7 Å². The van der Waals surface area contributed by atoms with E-state index in [9.17, 15) is 9.59 Å². The van der Waals surface area contributed by atoms with Crippen LogP contribution in [0.2, 0.25) is 0 Å². The fourth-order valence-corrected chi connectivity index (χ4v) is 3.31. The summed E-state index contributed by atoms with van der Waals surface area (Å²) in [4.78, 5) is 26.0. The smallest absolute Gasteiger partial charge is 0.408 e. The predicted molar refractivity (Wildman–Crippen MR) is 92.3 cm³/mol. The van der Waals surface area contributed by atoms with E-state index in [-0.39, 0.29) is 11.7 Å². The fraction of sp³-hybridized carbons (Fsp3) is 0.263. The largest absolute Gasteiger partial charge is 0.419 e. The van der Waals surface area contributed by atoms with Crippen molar-refractivity contribution in [3.63, 3.8) is 0 Å². The number of oxazole rings is 1. The van der Waals surface area contributed by atoms with E-state index in [0.29, 0.717) is 18.4 Å². The van der Waals surface area contributed by atoms with Crippen LogP contribution < -0.4 is 10.7 Å². The zero-order valence-electron chi connectivity index (χ0n) is 13.5. The van der Waals surface area contributed by atoms with Gasteiger partial charge in [0.05, 0.1) is 5.52 Å². The zero-order valence-corrected chi connectivity index (χ0v) is 13.5. The summed E-state index contributed by atoms with van der Waals surface area (Å²) in [6, 6.07) is 13.7. The average molecular weight is 322 g/mol. The van der Waals surface area contributed by atoms with Crippen molar-refractivity contribution < 1.29 is 9.21 Å². The number of amides is 1. The number of anilines is 1. The number of aromatic nitrogens is 1. The third kappa shape index (κ3) is 2.42. The second kappa shape index (κ2) is 5.67. The van der Waals surface area contributed by atoms with E-state index in [1.807, 2.05) is 35.2 Å². The van der Waals surface area contributed by atoms with Gasteiger partial charge in [-0.2, -0.15) is 0 Å². The molecule has 0 radical (unpaired) electrons. The summed E-state index contributed by atoms with van der Waals surface area (Å²) in [6.07, 6.45) is 2.02. The lowest BCUT2D eigenvalue weighted by atomic mass is 10.1. The molecule has 1 aliphatic heterocycles. The molecule has 0 fully saturated rings. The number of para-hydroxylation sites is 1. The van der Waals surface area contributed by atoms with Crippen molar-refractivity contribution in [3.8, 4) is 0 Å². The lowest BCUT2D eigenvalue weighted by molar-refractivity contribution is -0.118. The highest BCUT2D eigenvalue weighted by atomic mass is 16.4. The second-order valence-electron chi connectivity index (χ2n) is 6.15. The highest BCUT2D eigenvalue weighted by molar-refractivity contribution is 5.95. The van der Waals surface area contributed by atoms with Crippen LogP contribution in [-0.2, 0) is 24.7 Å². The number of nitrogens with zero attached hydrogens (tertiary/aromatic N) is 2. The lowest BCUT2D eigenvalue weighted by Gasteiger charge is -2.17. The van der Waals surface area contributed by atoms with Crippen molar-refractivity contribution >= 4 is 22.7 Å². The minimum absolute atomic E-state index is 0.140. The second-order valence-corrected chi connectivity index (χ2v) is 6.15. The summed E-state index contributed by atoms with van der Waals surface area (Å²) in [5, 5.41) is 0. The first kappa shape index (κ1) is 14.8. The van der Waals surface area contributed by atoms with E-state index in [1.165, 1.54) is 10.1 Å². The molecule has 0 saturated heterocycles. The van der Waals surface area contributed by atoms with Gasteiger partial charge in [-0.05, 0) is 42.2 Å². The van der Waals surface area contributed by atoms with Gasteiger partial charge in [-0.15, -0.1) is 0 Å². The molecule has 2 aromatic carbocycles. The fourth-order valence-electron chi connectivity index (χ4n) is 3.31. The molecule has 122 valence electrons. The number of carbonyl (C=O) groups excluding carboxylic acids is 1. The van der Waals surface area contributed by atoms with Crippen molar-refractivity contribution in [2.75, 3.05) is 11.4 Å².